The molecule has 0 fully saturated rings. The molecular weight excluding hydrogens is 444 g/mol. The second kappa shape index (κ2) is 8.41. The van der Waals surface area contributed by atoms with E-state index in [0.717, 1.165) is 51.7 Å². The molecule has 0 saturated carbocycles. The summed E-state index contributed by atoms with van der Waals surface area (Å²) in [6.07, 6.45) is 0.995. The highest BCUT2D eigenvalue weighted by Gasteiger charge is 2.17. The van der Waals surface area contributed by atoms with Gasteiger partial charge in [0, 0.05) is 23.2 Å². The quantitative estimate of drug-likeness (QED) is 0.310. The standard InChI is InChI=1S/C19H17BrN4OS2/c1-2-10-24-17(15-8-9-16(20)25-15)22-23-19(24)27-12-14-11-26-18(21-14)13-6-4-3-5-7-13/h3-9,11H,2,10,12H2,1H3. The van der Waals surface area contributed by atoms with Crippen LogP contribution >= 0.6 is 39.0 Å². The van der Waals surface area contributed by atoms with Gasteiger partial charge in [-0.3, -0.25) is 4.57 Å². The van der Waals surface area contributed by atoms with Gasteiger partial charge in [-0.05, 0) is 34.5 Å². The lowest BCUT2D eigenvalue weighted by Gasteiger charge is -2.06. The third-order valence-electron chi connectivity index (χ3n) is 3.88. The van der Waals surface area contributed by atoms with Crippen molar-refractivity contribution >= 4 is 39.0 Å². The van der Waals surface area contributed by atoms with Gasteiger partial charge in [0.15, 0.2) is 15.6 Å². The van der Waals surface area contributed by atoms with E-state index in [1.54, 1.807) is 23.1 Å². The minimum absolute atomic E-state index is 0.689. The first-order valence-electron chi connectivity index (χ1n) is 8.56. The average molecular weight is 461 g/mol. The third kappa shape index (κ3) is 4.17. The van der Waals surface area contributed by atoms with Crippen molar-refractivity contribution in [1.29, 1.82) is 0 Å². The molecular formula is C19H17BrN4OS2. The summed E-state index contributed by atoms with van der Waals surface area (Å²) in [4.78, 5) is 4.76. The first-order valence-corrected chi connectivity index (χ1v) is 11.2. The second-order valence-corrected chi connectivity index (χ2v) is 8.44. The summed E-state index contributed by atoms with van der Waals surface area (Å²) >= 11 is 6.67. The van der Waals surface area contributed by atoms with Gasteiger partial charge in [-0.2, -0.15) is 0 Å². The molecule has 0 aliphatic heterocycles. The van der Waals surface area contributed by atoms with Crippen LogP contribution in [0.2, 0.25) is 0 Å². The number of rotatable bonds is 7. The van der Waals surface area contributed by atoms with Gasteiger partial charge in [0.25, 0.3) is 0 Å². The molecule has 0 aliphatic carbocycles. The number of halogens is 1. The summed E-state index contributed by atoms with van der Waals surface area (Å²) in [6.45, 7) is 2.98. The molecule has 0 amide bonds. The number of furan rings is 1. The van der Waals surface area contributed by atoms with Crippen LogP contribution in [0.5, 0.6) is 0 Å². The number of thioether (sulfide) groups is 1. The minimum atomic E-state index is 0.689. The van der Waals surface area contributed by atoms with Crippen molar-refractivity contribution in [3.05, 3.63) is 58.2 Å². The van der Waals surface area contributed by atoms with E-state index in [4.69, 9.17) is 9.40 Å². The van der Waals surface area contributed by atoms with Crippen molar-refractivity contribution in [1.82, 2.24) is 19.7 Å². The number of aromatic nitrogens is 4. The molecule has 0 saturated heterocycles. The van der Waals surface area contributed by atoms with Crippen molar-refractivity contribution in [2.75, 3.05) is 0 Å². The van der Waals surface area contributed by atoms with Gasteiger partial charge in [0.1, 0.15) is 5.01 Å². The topological polar surface area (TPSA) is 56.7 Å². The zero-order chi connectivity index (χ0) is 18.6. The van der Waals surface area contributed by atoms with Crippen molar-refractivity contribution in [3.8, 4) is 22.2 Å². The Morgan fingerprint density at radius 2 is 2.00 bits per heavy atom. The van der Waals surface area contributed by atoms with Crippen LogP contribution in [-0.4, -0.2) is 19.7 Å². The fourth-order valence-corrected chi connectivity index (χ4v) is 4.76. The zero-order valence-corrected chi connectivity index (χ0v) is 17.9. The van der Waals surface area contributed by atoms with E-state index in [0.29, 0.717) is 4.67 Å². The van der Waals surface area contributed by atoms with Crippen LogP contribution in [0.1, 0.15) is 19.0 Å². The summed E-state index contributed by atoms with van der Waals surface area (Å²) in [6, 6.07) is 14.0. The van der Waals surface area contributed by atoms with Gasteiger partial charge < -0.3 is 4.42 Å². The number of thiazole rings is 1. The van der Waals surface area contributed by atoms with E-state index < -0.39 is 0 Å². The van der Waals surface area contributed by atoms with Crippen molar-refractivity contribution in [2.45, 2.75) is 30.8 Å². The summed E-state index contributed by atoms with van der Waals surface area (Å²) in [5.74, 6) is 2.23. The lowest BCUT2D eigenvalue weighted by Crippen LogP contribution is -2.01. The van der Waals surface area contributed by atoms with Crippen LogP contribution in [0.15, 0.2) is 62.1 Å². The summed E-state index contributed by atoms with van der Waals surface area (Å²) in [5.41, 5.74) is 2.20. The Balaban J connectivity index is 1.52. The second-order valence-electron chi connectivity index (χ2n) is 5.86. The van der Waals surface area contributed by atoms with Crippen molar-refractivity contribution < 1.29 is 4.42 Å². The predicted octanol–water partition coefficient (Wildman–Crippen LogP) is 6.13. The largest absolute Gasteiger partial charge is 0.446 e. The summed E-state index contributed by atoms with van der Waals surface area (Å²) in [5, 5.41) is 12.8. The molecule has 1 aromatic carbocycles. The molecule has 27 heavy (non-hydrogen) atoms. The smallest absolute Gasteiger partial charge is 0.200 e. The zero-order valence-electron chi connectivity index (χ0n) is 14.6. The van der Waals surface area contributed by atoms with Gasteiger partial charge in [-0.25, -0.2) is 4.98 Å². The van der Waals surface area contributed by atoms with E-state index in [-0.39, 0.29) is 0 Å². The first-order chi connectivity index (χ1) is 13.2. The van der Waals surface area contributed by atoms with E-state index in [2.05, 4.69) is 55.1 Å². The van der Waals surface area contributed by atoms with Crippen molar-refractivity contribution in [2.24, 2.45) is 0 Å². The Hall–Kier alpha value is -1.90. The number of hydrogen-bond acceptors (Lipinski definition) is 6. The van der Waals surface area contributed by atoms with Crippen LogP contribution in [0.3, 0.4) is 0 Å². The SMILES string of the molecule is CCCn1c(SCc2csc(-c3ccccc3)n2)nnc1-c1ccc(Br)o1. The molecule has 4 aromatic rings. The average Bonchev–Trinajstić information content (AvgIpc) is 3.41. The Kier molecular flexibility index (Phi) is 5.75. The van der Waals surface area contributed by atoms with Crippen molar-refractivity contribution in [3.63, 3.8) is 0 Å². The Morgan fingerprint density at radius 1 is 1.15 bits per heavy atom. The highest BCUT2D eigenvalue weighted by atomic mass is 79.9. The van der Waals surface area contributed by atoms with Crippen LogP contribution < -0.4 is 0 Å². The van der Waals surface area contributed by atoms with Gasteiger partial charge in [-0.15, -0.1) is 21.5 Å². The third-order valence-corrected chi connectivity index (χ3v) is 6.25. The van der Waals surface area contributed by atoms with E-state index >= 15 is 0 Å². The lowest BCUT2D eigenvalue weighted by atomic mass is 10.2. The fourth-order valence-electron chi connectivity index (χ4n) is 2.66. The van der Waals surface area contributed by atoms with Gasteiger partial charge in [-0.1, -0.05) is 49.0 Å². The maximum atomic E-state index is 5.66. The molecule has 8 heteroatoms. The molecule has 4 rings (SSSR count). The predicted molar refractivity (Wildman–Crippen MR) is 113 cm³/mol. The highest BCUT2D eigenvalue weighted by molar-refractivity contribution is 9.10. The lowest BCUT2D eigenvalue weighted by molar-refractivity contribution is 0.539. The van der Waals surface area contributed by atoms with Gasteiger partial charge in [0.05, 0.1) is 5.69 Å². The fraction of sp³-hybridized carbons (Fsp3) is 0.211. The highest BCUT2D eigenvalue weighted by Crippen LogP contribution is 2.30. The molecule has 5 nitrogen and oxygen atoms in total. The molecule has 0 radical (unpaired) electrons. The monoisotopic (exact) mass is 460 g/mol. The van der Waals surface area contributed by atoms with E-state index in [1.807, 2.05) is 30.3 Å². The molecule has 0 aliphatic rings. The summed E-state index contributed by atoms with van der Waals surface area (Å²) in [7, 11) is 0. The normalized spacial score (nSPS) is 11.2. The van der Waals surface area contributed by atoms with Crippen LogP contribution in [0, 0.1) is 0 Å². The van der Waals surface area contributed by atoms with Crippen LogP contribution in [0.4, 0.5) is 0 Å². The number of hydrogen-bond donors (Lipinski definition) is 0. The number of benzene rings is 1. The molecule has 0 unspecified atom stereocenters. The molecule has 0 N–H and O–H groups in total. The summed E-state index contributed by atoms with van der Waals surface area (Å²) < 4.78 is 8.46. The minimum Gasteiger partial charge on any atom is -0.446 e. The van der Waals surface area contributed by atoms with Gasteiger partial charge >= 0.3 is 0 Å². The molecule has 0 spiro atoms. The molecule has 138 valence electrons. The van der Waals surface area contributed by atoms with E-state index in [9.17, 15) is 0 Å². The van der Waals surface area contributed by atoms with E-state index in [1.165, 1.54) is 0 Å². The first kappa shape index (κ1) is 18.5. The van der Waals surface area contributed by atoms with Crippen LogP contribution in [-0.2, 0) is 12.3 Å². The molecule has 0 atom stereocenters. The van der Waals surface area contributed by atoms with Gasteiger partial charge in [0.2, 0.25) is 5.82 Å². The molecule has 0 bridgehead atoms. The Bertz CT molecular complexity index is 1030. The molecule has 3 heterocycles. The van der Waals surface area contributed by atoms with Crippen LogP contribution in [0.25, 0.3) is 22.2 Å². The maximum Gasteiger partial charge on any atom is 0.200 e. The molecule has 3 aromatic heterocycles. The maximum absolute atomic E-state index is 5.66. The number of nitrogens with zero attached hydrogens (tertiary/aromatic N) is 4. The Labute approximate surface area is 174 Å². The Morgan fingerprint density at radius 3 is 2.74 bits per heavy atom.